The molecule has 6 rings (SSSR count). The molecule has 2 heterocycles. The number of anilines is 2. The summed E-state index contributed by atoms with van der Waals surface area (Å²) >= 11 is 16.2. The zero-order valence-corrected chi connectivity index (χ0v) is 34.5. The van der Waals surface area contributed by atoms with Gasteiger partial charge in [-0.25, -0.2) is 9.59 Å². The molecule has 5 N–H and O–H groups in total. The molecule has 0 saturated heterocycles. The first-order chi connectivity index (χ1) is 26.3. The van der Waals surface area contributed by atoms with Crippen molar-refractivity contribution in [3.8, 4) is 11.5 Å². The maximum Gasteiger partial charge on any atom is 0.331 e. The van der Waals surface area contributed by atoms with Gasteiger partial charge in [0.05, 0.1) is 25.2 Å². The third kappa shape index (κ3) is 12.6. The van der Waals surface area contributed by atoms with Crippen LogP contribution in [-0.4, -0.2) is 47.4 Å². The molecule has 20 heteroatoms. The molecule has 0 fully saturated rings. The summed E-state index contributed by atoms with van der Waals surface area (Å²) in [5, 5.41) is 6.36. The van der Waals surface area contributed by atoms with E-state index in [-0.39, 0.29) is 34.1 Å². The van der Waals surface area contributed by atoms with Gasteiger partial charge in [-0.1, -0.05) is 56.1 Å². The first kappa shape index (κ1) is 44.5. The third-order valence-corrected chi connectivity index (χ3v) is 8.15. The number of nitrogens with zero attached hydrogens (tertiary/aromatic N) is 1. The van der Waals surface area contributed by atoms with Gasteiger partial charge >= 0.3 is 16.3 Å². The Bertz CT molecular complexity index is 2390. The van der Waals surface area contributed by atoms with E-state index in [4.69, 9.17) is 57.8 Å². The van der Waals surface area contributed by atoms with E-state index in [9.17, 15) is 18.6 Å². The van der Waals surface area contributed by atoms with Gasteiger partial charge < -0.3 is 35.1 Å². The minimum atomic E-state index is -2.02. The Balaban J connectivity index is 0.000000239. The van der Waals surface area contributed by atoms with E-state index in [0.29, 0.717) is 50.3 Å². The van der Waals surface area contributed by atoms with Crippen LogP contribution in [0.3, 0.4) is 0 Å². The summed E-state index contributed by atoms with van der Waals surface area (Å²) in [5.74, 6) is 0.770. The van der Waals surface area contributed by atoms with Gasteiger partial charge in [-0.3, -0.25) is 13.9 Å². The normalized spacial score (nSPS) is 10.5. The number of furan rings is 2. The Morgan fingerprint density at radius 1 is 0.818 bits per heavy atom. The number of methoxy groups -OCH3 is 2. The number of carbonyl (C=O) groups excluding carboxylic acids is 4. The number of ketones is 2. The highest BCUT2D eigenvalue weighted by atomic mass is 79.9. The van der Waals surface area contributed by atoms with E-state index in [2.05, 4.69) is 57.3 Å². The van der Waals surface area contributed by atoms with Gasteiger partial charge in [0.2, 0.25) is 11.6 Å². The number of benzene rings is 4. The van der Waals surface area contributed by atoms with Crippen molar-refractivity contribution in [2.24, 2.45) is 10.9 Å². The first-order valence-corrected chi connectivity index (χ1v) is 19.4. The summed E-state index contributed by atoms with van der Waals surface area (Å²) < 4.78 is 36.4. The number of nitrogen functional groups attached to an aromatic ring is 1. The van der Waals surface area contributed by atoms with Crippen LogP contribution in [0.25, 0.3) is 21.9 Å². The van der Waals surface area contributed by atoms with Crippen LogP contribution < -0.4 is 26.3 Å². The maximum absolute atomic E-state index is 12.8. The number of hydrogen-bond acceptors (Lipinski definition) is 12. The molecule has 0 bridgehead atoms. The highest BCUT2D eigenvalue weighted by molar-refractivity contribution is 9.10. The standard InChI is InChI=1S/C17H13BrN2O4.C16H12BrNO3.CH2Cl2.CClNO3S/c1-23-11-5-6-12-13(8-11)24-16(14(12)20-17(19)22)15(21)9-3-2-4-10(18)7-9;1-20-11-5-6-12-13(8-11)21-16(14(12)18)15(19)9-3-2-4-10(17)7-9;2-1-3;2-7(5)6-3-1-4/h2-8H,1H3,(H3,19,20,22);2-8H,18H2,1H3;1H2;. The van der Waals surface area contributed by atoms with Crippen molar-refractivity contribution in [3.63, 3.8) is 0 Å². The van der Waals surface area contributed by atoms with Crippen molar-refractivity contribution < 1.29 is 46.0 Å². The number of amides is 2. The van der Waals surface area contributed by atoms with Crippen molar-refractivity contribution >= 4 is 133 Å². The maximum atomic E-state index is 12.8. The first-order valence-electron chi connectivity index (χ1n) is 14.9. The molecule has 0 aliphatic carbocycles. The summed E-state index contributed by atoms with van der Waals surface area (Å²) in [4.78, 5) is 45.7. The number of hydrogen-bond donors (Lipinski definition) is 3. The van der Waals surface area contributed by atoms with E-state index < -0.39 is 16.3 Å². The third-order valence-electron chi connectivity index (χ3n) is 6.80. The Hall–Kier alpha value is -4.87. The minimum absolute atomic E-state index is 0.00940. The number of alkyl halides is 2. The van der Waals surface area contributed by atoms with Gasteiger partial charge in [0, 0.05) is 58.8 Å². The van der Waals surface area contributed by atoms with Gasteiger partial charge in [0.25, 0.3) is 6.08 Å². The lowest BCUT2D eigenvalue weighted by molar-refractivity contribution is 0.100. The molecule has 0 radical (unpaired) electrons. The van der Waals surface area contributed by atoms with Crippen LogP contribution in [0.4, 0.5) is 16.2 Å². The van der Waals surface area contributed by atoms with Crippen molar-refractivity contribution in [1.82, 2.24) is 0 Å². The molecule has 14 nitrogen and oxygen atoms in total. The molecule has 1 atom stereocenters. The zero-order chi connectivity index (χ0) is 40.7. The fourth-order valence-electron chi connectivity index (χ4n) is 4.57. The summed E-state index contributed by atoms with van der Waals surface area (Å²) in [7, 11) is 5.71. The second-order valence-electron chi connectivity index (χ2n) is 10.1. The van der Waals surface area contributed by atoms with Gasteiger partial charge in [-0.05, 0) is 48.5 Å². The molecule has 0 saturated carbocycles. The van der Waals surface area contributed by atoms with Crippen LogP contribution >= 0.6 is 65.7 Å². The molecule has 1 unspecified atom stereocenters. The molecule has 2 aromatic heterocycles. The number of nitrogens with one attached hydrogen (secondary N) is 1. The monoisotopic (exact) mass is 958 g/mol. The van der Waals surface area contributed by atoms with Gasteiger partial charge in [0.15, 0.2) is 11.5 Å². The topological polar surface area (TPSA) is 216 Å². The number of primary amides is 1. The Morgan fingerprint density at radius 2 is 1.29 bits per heavy atom. The number of halogens is 5. The lowest BCUT2D eigenvalue weighted by Gasteiger charge is -2.03. The summed E-state index contributed by atoms with van der Waals surface area (Å²) in [6.07, 6.45) is 0.974. The molecule has 0 aliphatic rings. The second kappa shape index (κ2) is 21.9. The fourth-order valence-corrected chi connectivity index (χ4v) is 5.54. The van der Waals surface area contributed by atoms with E-state index in [0.717, 1.165) is 15.0 Å². The average molecular weight is 962 g/mol. The quantitative estimate of drug-likeness (QED) is 0.0310. The van der Waals surface area contributed by atoms with Crippen LogP contribution in [0.2, 0.25) is 0 Å². The highest BCUT2D eigenvalue weighted by Crippen LogP contribution is 2.35. The molecular weight excluding hydrogens is 935 g/mol. The number of fused-ring (bicyclic) bond motifs is 2. The minimum Gasteiger partial charge on any atom is -0.497 e. The van der Waals surface area contributed by atoms with Gasteiger partial charge in [-0.15, -0.1) is 23.2 Å². The second-order valence-corrected chi connectivity index (χ2v) is 14.0. The number of carbonyl (C=O) groups is 3. The molecule has 0 spiro atoms. The van der Waals surface area contributed by atoms with Crippen LogP contribution in [0, 0.1) is 0 Å². The Labute approximate surface area is 346 Å². The Morgan fingerprint density at radius 3 is 1.73 bits per heavy atom. The van der Waals surface area contributed by atoms with Crippen molar-refractivity contribution in [3.05, 3.63) is 117 Å². The SMILES string of the molecule is COc1ccc2c(N)c(C(=O)c3cccc(Br)c3)oc2c1.COc1ccc2c(NC(N)=O)c(C(=O)c3cccc(Br)c3)oc2c1.ClCCl.O=C=NOS(=O)Cl. The number of ether oxygens (including phenoxy) is 2. The summed E-state index contributed by atoms with van der Waals surface area (Å²) in [5.41, 5.74) is 13.7. The van der Waals surface area contributed by atoms with Crippen molar-refractivity contribution in [2.75, 3.05) is 30.6 Å². The predicted molar refractivity (Wildman–Crippen MR) is 218 cm³/mol. The van der Waals surface area contributed by atoms with Crippen molar-refractivity contribution in [1.29, 1.82) is 0 Å². The molecule has 6 aromatic rings. The number of rotatable bonds is 9. The number of nitrogens with two attached hydrogens (primary N) is 2. The van der Waals surface area contributed by atoms with E-state index in [1.807, 2.05) is 12.1 Å². The molecular formula is C35H27Br2Cl3N4O10S. The summed E-state index contributed by atoms with van der Waals surface area (Å²) in [6, 6.07) is 23.5. The predicted octanol–water partition coefficient (Wildman–Crippen LogP) is 9.44. The number of urea groups is 1. The van der Waals surface area contributed by atoms with Crippen LogP contribution in [0.1, 0.15) is 32.2 Å². The smallest absolute Gasteiger partial charge is 0.331 e. The molecule has 2 amide bonds. The van der Waals surface area contributed by atoms with Crippen molar-refractivity contribution in [2.45, 2.75) is 0 Å². The molecule has 0 aliphatic heterocycles. The lowest BCUT2D eigenvalue weighted by atomic mass is 10.1. The van der Waals surface area contributed by atoms with Crippen LogP contribution in [0.5, 0.6) is 11.5 Å². The van der Waals surface area contributed by atoms with Crippen LogP contribution in [-0.2, 0) is 19.4 Å². The average Bonchev–Trinajstić information content (AvgIpc) is 3.69. The van der Waals surface area contributed by atoms with E-state index in [1.54, 1.807) is 79.9 Å². The van der Waals surface area contributed by atoms with E-state index >= 15 is 0 Å². The summed E-state index contributed by atoms with van der Waals surface area (Å²) in [6.45, 7) is 0. The van der Waals surface area contributed by atoms with Gasteiger partial charge in [-0.2, -0.15) is 4.21 Å². The Kier molecular flexibility index (Phi) is 17.7. The molecule has 288 valence electrons. The largest absolute Gasteiger partial charge is 0.497 e. The van der Waals surface area contributed by atoms with Crippen LogP contribution in [0.15, 0.2) is 108 Å². The highest BCUT2D eigenvalue weighted by Gasteiger charge is 2.24. The van der Waals surface area contributed by atoms with Gasteiger partial charge in [0.1, 0.15) is 28.4 Å². The van der Waals surface area contributed by atoms with E-state index in [1.165, 1.54) is 7.11 Å². The number of isocyanates is 1. The molecule has 4 aromatic carbocycles. The zero-order valence-electron chi connectivity index (χ0n) is 28.3. The fraction of sp³-hybridized carbons (Fsp3) is 0.0857. The lowest BCUT2D eigenvalue weighted by Crippen LogP contribution is -2.20. The molecule has 55 heavy (non-hydrogen) atoms.